The first kappa shape index (κ1) is 16.9. The summed E-state index contributed by atoms with van der Waals surface area (Å²) in [6.07, 6.45) is 0.235. The number of amides is 1. The first-order valence-corrected chi connectivity index (χ1v) is 6.38. The Morgan fingerprint density at radius 3 is 2.43 bits per heavy atom. The number of carbonyl (C=O) groups excluding carboxylic acids is 1. The molecule has 21 heavy (non-hydrogen) atoms. The third-order valence-corrected chi connectivity index (χ3v) is 2.66. The molecule has 1 aromatic carbocycles. The van der Waals surface area contributed by atoms with Crippen LogP contribution in [0.3, 0.4) is 0 Å². The van der Waals surface area contributed by atoms with E-state index in [4.69, 9.17) is 5.11 Å². The van der Waals surface area contributed by atoms with Crippen LogP contribution in [0.25, 0.3) is 0 Å². The standard InChI is InChI=1S/C14H17F2NO4/c1-8(2)7-10(13(19)20)17-12(18)9-5-3-4-6-11(9)21-14(15)16/h3-6,8,10,14H,7H2,1-2H3,(H,17,18)(H,19,20)/t10-/m0/s1. The molecule has 0 heterocycles. The number of hydrogen-bond donors (Lipinski definition) is 2. The molecule has 1 amide bonds. The molecule has 0 fully saturated rings. The van der Waals surface area contributed by atoms with Crippen LogP contribution in [0.15, 0.2) is 24.3 Å². The van der Waals surface area contributed by atoms with E-state index in [1.165, 1.54) is 24.3 Å². The number of ether oxygens (including phenoxy) is 1. The highest BCUT2D eigenvalue weighted by atomic mass is 19.3. The SMILES string of the molecule is CC(C)C[C@H](NC(=O)c1ccccc1OC(F)F)C(=O)O. The van der Waals surface area contributed by atoms with Crippen LogP contribution in [0.5, 0.6) is 5.75 Å². The van der Waals surface area contributed by atoms with Crippen LogP contribution < -0.4 is 10.1 Å². The van der Waals surface area contributed by atoms with Crippen LogP contribution in [0.2, 0.25) is 0 Å². The number of rotatable bonds is 7. The number of carbonyl (C=O) groups is 2. The van der Waals surface area contributed by atoms with Gasteiger partial charge in [0, 0.05) is 0 Å². The van der Waals surface area contributed by atoms with E-state index in [2.05, 4.69) is 10.1 Å². The Hall–Kier alpha value is -2.18. The maximum Gasteiger partial charge on any atom is 0.387 e. The molecule has 0 aromatic heterocycles. The van der Waals surface area contributed by atoms with Gasteiger partial charge in [-0.1, -0.05) is 26.0 Å². The van der Waals surface area contributed by atoms with Gasteiger partial charge in [-0.05, 0) is 24.5 Å². The molecule has 0 saturated heterocycles. The fraction of sp³-hybridized carbons (Fsp3) is 0.429. The summed E-state index contributed by atoms with van der Waals surface area (Å²) < 4.78 is 28.8. The first-order chi connectivity index (χ1) is 9.81. The van der Waals surface area contributed by atoms with E-state index in [1.807, 2.05) is 13.8 Å². The zero-order valence-electron chi connectivity index (χ0n) is 11.7. The molecule has 0 bridgehead atoms. The second-order valence-corrected chi connectivity index (χ2v) is 4.87. The van der Waals surface area contributed by atoms with Crippen molar-refractivity contribution in [3.8, 4) is 5.75 Å². The highest BCUT2D eigenvalue weighted by Gasteiger charge is 2.23. The molecule has 0 aliphatic rings. The van der Waals surface area contributed by atoms with Crippen molar-refractivity contribution in [3.63, 3.8) is 0 Å². The van der Waals surface area contributed by atoms with Gasteiger partial charge in [0.05, 0.1) is 5.56 Å². The number of carboxylic acids is 1. The van der Waals surface area contributed by atoms with Crippen molar-refractivity contribution in [2.24, 2.45) is 5.92 Å². The maximum atomic E-state index is 12.3. The molecule has 1 aromatic rings. The zero-order valence-corrected chi connectivity index (χ0v) is 11.7. The molecule has 0 aliphatic carbocycles. The van der Waals surface area contributed by atoms with Gasteiger partial charge < -0.3 is 15.2 Å². The smallest absolute Gasteiger partial charge is 0.387 e. The van der Waals surface area contributed by atoms with Crippen LogP contribution in [0, 0.1) is 5.92 Å². The average molecular weight is 301 g/mol. The maximum absolute atomic E-state index is 12.3. The quantitative estimate of drug-likeness (QED) is 0.811. The van der Waals surface area contributed by atoms with Gasteiger partial charge in [-0.2, -0.15) is 8.78 Å². The fourth-order valence-electron chi connectivity index (χ4n) is 1.78. The molecule has 7 heteroatoms. The highest BCUT2D eigenvalue weighted by Crippen LogP contribution is 2.20. The van der Waals surface area contributed by atoms with Crippen molar-refractivity contribution in [3.05, 3.63) is 29.8 Å². The second kappa shape index (κ2) is 7.56. The first-order valence-electron chi connectivity index (χ1n) is 6.38. The number of alkyl halides is 2. The van der Waals surface area contributed by atoms with E-state index < -0.39 is 24.5 Å². The van der Waals surface area contributed by atoms with Crippen LogP contribution in [-0.4, -0.2) is 29.6 Å². The molecule has 2 N–H and O–H groups in total. The normalized spacial score (nSPS) is 12.3. The summed E-state index contributed by atoms with van der Waals surface area (Å²) in [5.41, 5.74) is -0.132. The van der Waals surface area contributed by atoms with E-state index >= 15 is 0 Å². The Morgan fingerprint density at radius 1 is 1.29 bits per heavy atom. The number of aliphatic carboxylic acids is 1. The Balaban J connectivity index is 2.90. The predicted molar refractivity (Wildman–Crippen MR) is 71.4 cm³/mol. The van der Waals surface area contributed by atoms with Crippen molar-refractivity contribution in [1.82, 2.24) is 5.32 Å². The van der Waals surface area contributed by atoms with Gasteiger partial charge >= 0.3 is 12.6 Å². The van der Waals surface area contributed by atoms with E-state index in [0.29, 0.717) is 0 Å². The molecule has 0 aliphatic heterocycles. The minimum atomic E-state index is -3.06. The van der Waals surface area contributed by atoms with Gasteiger partial charge in [-0.15, -0.1) is 0 Å². The summed E-state index contributed by atoms with van der Waals surface area (Å²) in [6.45, 7) is 0.566. The summed E-state index contributed by atoms with van der Waals surface area (Å²) in [5.74, 6) is -2.18. The van der Waals surface area contributed by atoms with Crippen molar-refractivity contribution in [2.75, 3.05) is 0 Å². The lowest BCUT2D eigenvalue weighted by Gasteiger charge is -2.17. The minimum Gasteiger partial charge on any atom is -0.480 e. The van der Waals surface area contributed by atoms with Crippen LogP contribution in [0.1, 0.15) is 30.6 Å². The van der Waals surface area contributed by atoms with Crippen LogP contribution in [0.4, 0.5) is 8.78 Å². The summed E-state index contributed by atoms with van der Waals surface area (Å²) >= 11 is 0. The third-order valence-electron chi connectivity index (χ3n) is 2.66. The van der Waals surface area contributed by atoms with Crippen LogP contribution in [-0.2, 0) is 4.79 Å². The molecule has 0 unspecified atom stereocenters. The average Bonchev–Trinajstić information content (AvgIpc) is 2.37. The van der Waals surface area contributed by atoms with Crippen LogP contribution >= 0.6 is 0 Å². The molecular weight excluding hydrogens is 284 g/mol. The van der Waals surface area contributed by atoms with Gasteiger partial charge in [-0.25, -0.2) is 4.79 Å². The highest BCUT2D eigenvalue weighted by molar-refractivity contribution is 5.98. The lowest BCUT2D eigenvalue weighted by atomic mass is 10.0. The van der Waals surface area contributed by atoms with Crippen molar-refractivity contribution in [2.45, 2.75) is 32.9 Å². The monoisotopic (exact) mass is 301 g/mol. The molecular formula is C14H17F2NO4. The number of para-hydroxylation sites is 1. The largest absolute Gasteiger partial charge is 0.480 e. The van der Waals surface area contributed by atoms with Gasteiger partial charge in [0.15, 0.2) is 0 Å². The van der Waals surface area contributed by atoms with E-state index in [1.54, 1.807) is 0 Å². The van der Waals surface area contributed by atoms with Gasteiger partial charge in [0.25, 0.3) is 5.91 Å². The van der Waals surface area contributed by atoms with Crippen molar-refractivity contribution >= 4 is 11.9 Å². The Kier molecular flexibility index (Phi) is 6.08. The van der Waals surface area contributed by atoms with E-state index in [9.17, 15) is 18.4 Å². The molecule has 0 radical (unpaired) electrons. The van der Waals surface area contributed by atoms with Gasteiger partial charge in [0.2, 0.25) is 0 Å². The topological polar surface area (TPSA) is 75.6 Å². The number of benzene rings is 1. The number of halogens is 2. The number of hydrogen-bond acceptors (Lipinski definition) is 3. The molecule has 0 spiro atoms. The summed E-state index contributed by atoms with van der Waals surface area (Å²) in [7, 11) is 0. The lowest BCUT2D eigenvalue weighted by Crippen LogP contribution is -2.41. The molecule has 0 saturated carbocycles. The van der Waals surface area contributed by atoms with Gasteiger partial charge in [0.1, 0.15) is 11.8 Å². The Labute approximate surface area is 120 Å². The molecule has 116 valence electrons. The predicted octanol–water partition coefficient (Wildman–Crippen LogP) is 2.52. The van der Waals surface area contributed by atoms with Crippen molar-refractivity contribution in [1.29, 1.82) is 0 Å². The Bertz CT molecular complexity index is 506. The second-order valence-electron chi connectivity index (χ2n) is 4.87. The number of nitrogens with one attached hydrogen (secondary N) is 1. The Morgan fingerprint density at radius 2 is 1.90 bits per heavy atom. The summed E-state index contributed by atoms with van der Waals surface area (Å²) in [6, 6.07) is 4.35. The zero-order chi connectivity index (χ0) is 16.0. The molecule has 1 rings (SSSR count). The number of carboxylic acid groups (broad SMARTS) is 1. The van der Waals surface area contributed by atoms with E-state index in [-0.39, 0.29) is 23.7 Å². The lowest BCUT2D eigenvalue weighted by molar-refractivity contribution is -0.139. The van der Waals surface area contributed by atoms with Gasteiger partial charge in [-0.3, -0.25) is 4.79 Å². The fourth-order valence-corrected chi connectivity index (χ4v) is 1.78. The summed E-state index contributed by atoms with van der Waals surface area (Å²) in [5, 5.41) is 11.4. The third kappa shape index (κ3) is 5.37. The summed E-state index contributed by atoms with van der Waals surface area (Å²) in [4.78, 5) is 23.1. The molecule has 5 nitrogen and oxygen atoms in total. The van der Waals surface area contributed by atoms with Crippen molar-refractivity contribution < 1.29 is 28.2 Å². The minimum absolute atomic E-state index is 0.0546. The van der Waals surface area contributed by atoms with E-state index in [0.717, 1.165) is 0 Å². The molecule has 1 atom stereocenters.